The molecule has 0 heterocycles. The van der Waals surface area contributed by atoms with E-state index in [9.17, 15) is 4.79 Å². The highest BCUT2D eigenvalue weighted by Gasteiger charge is 2.32. The minimum Gasteiger partial charge on any atom is -0.465 e. The summed E-state index contributed by atoms with van der Waals surface area (Å²) in [5.41, 5.74) is 1.16. The van der Waals surface area contributed by atoms with Crippen molar-refractivity contribution < 1.29 is 14.0 Å². The van der Waals surface area contributed by atoms with Gasteiger partial charge in [0.15, 0.2) is 6.04 Å². The van der Waals surface area contributed by atoms with Crippen molar-refractivity contribution in [2.24, 2.45) is 0 Å². The molecule has 1 rings (SSSR count). The van der Waals surface area contributed by atoms with Gasteiger partial charge in [-0.2, -0.15) is 0 Å². The Morgan fingerprint density at radius 3 is 2.25 bits per heavy atom. The summed E-state index contributed by atoms with van der Waals surface area (Å²) in [5.74, 6) is -0.156. The van der Waals surface area contributed by atoms with Crippen LogP contribution in [0.15, 0.2) is 30.3 Å². The molecule has 0 N–H and O–H groups in total. The summed E-state index contributed by atoms with van der Waals surface area (Å²) >= 11 is 0. The van der Waals surface area contributed by atoms with Crippen molar-refractivity contribution in [3.05, 3.63) is 35.9 Å². The van der Waals surface area contributed by atoms with Crippen LogP contribution in [0.3, 0.4) is 0 Å². The summed E-state index contributed by atoms with van der Waals surface area (Å²) in [6, 6.07) is 9.85. The number of esters is 1. The van der Waals surface area contributed by atoms with Crippen LogP contribution in [0.25, 0.3) is 0 Å². The Kier molecular flexibility index (Phi) is 4.07. The van der Waals surface area contributed by atoms with Gasteiger partial charge < -0.3 is 9.22 Å². The molecular weight excluding hydrogens is 202 g/mol. The van der Waals surface area contributed by atoms with Gasteiger partial charge in [-0.1, -0.05) is 30.3 Å². The molecule has 88 valence electrons. The van der Waals surface area contributed by atoms with Crippen LogP contribution in [0, 0.1) is 0 Å². The Morgan fingerprint density at radius 1 is 1.25 bits per heavy atom. The van der Waals surface area contributed by atoms with Gasteiger partial charge in [-0.05, 0) is 5.56 Å². The van der Waals surface area contributed by atoms with Crippen LogP contribution in [-0.2, 0) is 16.0 Å². The lowest BCUT2D eigenvalue weighted by Crippen LogP contribution is -2.51. The zero-order valence-electron chi connectivity index (χ0n) is 10.4. The Hall–Kier alpha value is -1.35. The minimum atomic E-state index is -0.160. The average Bonchev–Trinajstić information content (AvgIpc) is 2.25. The molecule has 0 radical (unpaired) electrons. The van der Waals surface area contributed by atoms with Gasteiger partial charge in [0, 0.05) is 6.42 Å². The first-order valence-corrected chi connectivity index (χ1v) is 5.38. The second kappa shape index (κ2) is 5.12. The largest absolute Gasteiger partial charge is 0.465 e. The number of hydrogen-bond acceptors (Lipinski definition) is 2. The number of rotatable bonds is 4. The fourth-order valence-electron chi connectivity index (χ4n) is 1.65. The maximum atomic E-state index is 11.7. The number of quaternary nitrogens is 1. The summed E-state index contributed by atoms with van der Waals surface area (Å²) in [7, 11) is 7.45. The number of benzene rings is 1. The fraction of sp³-hybridized carbons (Fsp3) is 0.462. The molecule has 0 fully saturated rings. The molecule has 3 nitrogen and oxygen atoms in total. The molecule has 0 aromatic heterocycles. The van der Waals surface area contributed by atoms with Gasteiger partial charge in [-0.3, -0.25) is 0 Å². The number of carbonyl (C=O) groups excluding carboxylic acids is 1. The second-order valence-electron chi connectivity index (χ2n) is 4.84. The molecule has 3 heteroatoms. The van der Waals surface area contributed by atoms with Crippen molar-refractivity contribution in [3.63, 3.8) is 0 Å². The predicted octanol–water partition coefficient (Wildman–Crippen LogP) is 1.48. The third kappa shape index (κ3) is 3.35. The van der Waals surface area contributed by atoms with Crippen LogP contribution < -0.4 is 0 Å². The van der Waals surface area contributed by atoms with Crippen molar-refractivity contribution in [1.82, 2.24) is 0 Å². The summed E-state index contributed by atoms with van der Waals surface area (Å²) in [6.45, 7) is 0. The second-order valence-corrected chi connectivity index (χ2v) is 4.84. The van der Waals surface area contributed by atoms with Crippen LogP contribution in [0.4, 0.5) is 0 Å². The van der Waals surface area contributed by atoms with E-state index in [1.165, 1.54) is 7.11 Å². The lowest BCUT2D eigenvalue weighted by molar-refractivity contribution is -0.887. The van der Waals surface area contributed by atoms with E-state index in [4.69, 9.17) is 4.74 Å². The summed E-state index contributed by atoms with van der Waals surface area (Å²) in [5, 5.41) is 0. The van der Waals surface area contributed by atoms with Crippen LogP contribution in [0.1, 0.15) is 5.56 Å². The SMILES string of the molecule is COC(=O)[C@@H](Cc1ccccc1)[N+](C)(C)C. The van der Waals surface area contributed by atoms with Crippen molar-refractivity contribution in [2.45, 2.75) is 12.5 Å². The molecule has 16 heavy (non-hydrogen) atoms. The van der Waals surface area contributed by atoms with Gasteiger partial charge in [-0.15, -0.1) is 0 Å². The highest BCUT2D eigenvalue weighted by atomic mass is 16.5. The molecule has 0 bridgehead atoms. The monoisotopic (exact) mass is 222 g/mol. The van der Waals surface area contributed by atoms with Gasteiger partial charge in [-0.25, -0.2) is 4.79 Å². The molecule has 0 aliphatic heterocycles. The highest BCUT2D eigenvalue weighted by molar-refractivity contribution is 5.74. The van der Waals surface area contributed by atoms with Gasteiger partial charge in [0.2, 0.25) is 0 Å². The van der Waals surface area contributed by atoms with E-state index in [1.54, 1.807) is 0 Å². The number of carbonyl (C=O) groups is 1. The van der Waals surface area contributed by atoms with E-state index in [2.05, 4.69) is 0 Å². The Morgan fingerprint density at radius 2 is 1.81 bits per heavy atom. The van der Waals surface area contributed by atoms with Crippen LogP contribution >= 0.6 is 0 Å². The van der Waals surface area contributed by atoms with Crippen LogP contribution in [-0.4, -0.2) is 44.7 Å². The maximum Gasteiger partial charge on any atom is 0.365 e. The number of nitrogens with zero attached hydrogens (tertiary/aromatic N) is 1. The van der Waals surface area contributed by atoms with Gasteiger partial charge in [0.1, 0.15) is 0 Å². The van der Waals surface area contributed by atoms with Crippen molar-refractivity contribution in [2.75, 3.05) is 28.3 Å². The molecule has 0 spiro atoms. The normalized spacial score (nSPS) is 13.2. The first-order valence-electron chi connectivity index (χ1n) is 5.38. The van der Waals surface area contributed by atoms with Crippen molar-refractivity contribution in [1.29, 1.82) is 0 Å². The van der Waals surface area contributed by atoms with E-state index in [-0.39, 0.29) is 12.0 Å². The Balaban J connectivity index is 2.84. The molecule has 0 amide bonds. The topological polar surface area (TPSA) is 26.3 Å². The number of hydrogen-bond donors (Lipinski definition) is 0. The van der Waals surface area contributed by atoms with E-state index in [0.29, 0.717) is 10.9 Å². The fourth-order valence-corrected chi connectivity index (χ4v) is 1.65. The average molecular weight is 222 g/mol. The predicted molar refractivity (Wildman–Crippen MR) is 64.0 cm³/mol. The van der Waals surface area contributed by atoms with Gasteiger partial charge >= 0.3 is 5.97 Å². The molecule has 1 aromatic carbocycles. The zero-order chi connectivity index (χ0) is 12.2. The minimum absolute atomic E-state index is 0.156. The quantitative estimate of drug-likeness (QED) is 0.570. The van der Waals surface area contributed by atoms with Crippen molar-refractivity contribution in [3.8, 4) is 0 Å². The van der Waals surface area contributed by atoms with Gasteiger partial charge in [0.05, 0.1) is 28.3 Å². The smallest absolute Gasteiger partial charge is 0.365 e. The lowest BCUT2D eigenvalue weighted by Gasteiger charge is -2.32. The van der Waals surface area contributed by atoms with E-state index in [1.807, 2.05) is 51.5 Å². The zero-order valence-corrected chi connectivity index (χ0v) is 10.4. The molecule has 1 atom stereocenters. The third-order valence-corrected chi connectivity index (χ3v) is 2.68. The summed E-state index contributed by atoms with van der Waals surface area (Å²) < 4.78 is 5.43. The highest BCUT2D eigenvalue weighted by Crippen LogP contribution is 2.12. The van der Waals surface area contributed by atoms with Crippen LogP contribution in [0.5, 0.6) is 0 Å². The Labute approximate surface area is 97.2 Å². The summed E-state index contributed by atoms with van der Waals surface area (Å²) in [4.78, 5) is 11.7. The molecule has 0 saturated heterocycles. The molecular formula is C13H20NO2+. The van der Waals surface area contributed by atoms with E-state index in [0.717, 1.165) is 5.56 Å². The van der Waals surface area contributed by atoms with Gasteiger partial charge in [0.25, 0.3) is 0 Å². The first kappa shape index (κ1) is 12.7. The number of ether oxygens (including phenoxy) is 1. The lowest BCUT2D eigenvalue weighted by atomic mass is 10.0. The van der Waals surface area contributed by atoms with E-state index < -0.39 is 0 Å². The standard InChI is InChI=1S/C13H20NO2/c1-14(2,3)12(13(15)16-4)10-11-8-6-5-7-9-11/h5-9,12H,10H2,1-4H3/q+1/t12-/m1/s1. The number of likely N-dealkylation sites (N-methyl/N-ethyl adjacent to an activating group) is 1. The molecule has 0 aliphatic rings. The maximum absolute atomic E-state index is 11.7. The molecule has 0 aliphatic carbocycles. The molecule has 0 unspecified atom stereocenters. The number of methoxy groups -OCH3 is 1. The molecule has 1 aromatic rings. The first-order chi connectivity index (χ1) is 7.45. The van der Waals surface area contributed by atoms with Crippen LogP contribution in [0.2, 0.25) is 0 Å². The summed E-state index contributed by atoms with van der Waals surface area (Å²) in [6.07, 6.45) is 0.705. The van der Waals surface area contributed by atoms with Crippen molar-refractivity contribution >= 4 is 5.97 Å². The molecule has 0 saturated carbocycles. The van der Waals surface area contributed by atoms with E-state index >= 15 is 0 Å². The third-order valence-electron chi connectivity index (χ3n) is 2.68. The Bertz CT molecular complexity index is 341.